The van der Waals surface area contributed by atoms with Gasteiger partial charge in [0, 0.05) is 19.1 Å². The summed E-state index contributed by atoms with van der Waals surface area (Å²) in [7, 11) is 0. The number of carboxylic acid groups (broad SMARTS) is 1. The summed E-state index contributed by atoms with van der Waals surface area (Å²) in [5.41, 5.74) is 2.72. The van der Waals surface area contributed by atoms with Gasteiger partial charge in [-0.2, -0.15) is 0 Å². The first-order valence-corrected chi connectivity index (χ1v) is 6.73. The van der Waals surface area contributed by atoms with Crippen LogP contribution in [0.15, 0.2) is 24.3 Å². The third-order valence-electron chi connectivity index (χ3n) is 3.55. The van der Waals surface area contributed by atoms with Crippen molar-refractivity contribution in [2.75, 3.05) is 6.54 Å². The number of aliphatic carboxylic acids is 1. The zero-order valence-electron chi connectivity index (χ0n) is 10.9. The molecule has 0 atom stereocenters. The highest BCUT2D eigenvalue weighted by Crippen LogP contribution is 2.29. The molecule has 1 saturated carbocycles. The minimum absolute atomic E-state index is 0.241. The van der Waals surface area contributed by atoms with Crippen molar-refractivity contribution < 1.29 is 9.90 Å². The summed E-state index contributed by atoms with van der Waals surface area (Å²) >= 11 is 0. The van der Waals surface area contributed by atoms with Crippen molar-refractivity contribution in [1.29, 1.82) is 0 Å². The van der Waals surface area contributed by atoms with E-state index in [1.165, 1.54) is 24.0 Å². The topological polar surface area (TPSA) is 40.5 Å². The Bertz CT molecular complexity index is 413. The molecule has 0 aromatic heterocycles. The van der Waals surface area contributed by atoms with Gasteiger partial charge < -0.3 is 5.11 Å². The van der Waals surface area contributed by atoms with E-state index in [1.54, 1.807) is 0 Å². The number of nitrogens with zero attached hydrogens (tertiary/aromatic N) is 1. The quantitative estimate of drug-likeness (QED) is 0.805. The smallest absolute Gasteiger partial charge is 0.304 e. The standard InChI is InChI=1S/C15H21NO2/c1-2-12-5-3-4-6-13(12)11-16(14-7-8-14)10-9-15(17)18/h3-6,14H,2,7-11H2,1H3,(H,17,18). The number of carboxylic acids is 1. The normalized spacial score (nSPS) is 15.0. The summed E-state index contributed by atoms with van der Waals surface area (Å²) in [6.07, 6.45) is 3.71. The van der Waals surface area contributed by atoms with E-state index in [1.807, 2.05) is 0 Å². The van der Waals surface area contributed by atoms with Gasteiger partial charge in [0.1, 0.15) is 0 Å². The van der Waals surface area contributed by atoms with Crippen molar-refractivity contribution in [2.24, 2.45) is 0 Å². The summed E-state index contributed by atoms with van der Waals surface area (Å²) in [6, 6.07) is 9.07. The van der Waals surface area contributed by atoms with Crippen LogP contribution in [0.5, 0.6) is 0 Å². The Hall–Kier alpha value is -1.35. The number of aryl methyl sites for hydroxylation is 1. The monoisotopic (exact) mass is 247 g/mol. The average Bonchev–Trinajstić information content (AvgIpc) is 3.19. The van der Waals surface area contributed by atoms with E-state index < -0.39 is 5.97 Å². The van der Waals surface area contributed by atoms with Crippen molar-refractivity contribution in [3.05, 3.63) is 35.4 Å². The number of carbonyl (C=O) groups is 1. The van der Waals surface area contributed by atoms with Crippen LogP contribution >= 0.6 is 0 Å². The van der Waals surface area contributed by atoms with Gasteiger partial charge in [0.15, 0.2) is 0 Å². The lowest BCUT2D eigenvalue weighted by Gasteiger charge is -2.22. The van der Waals surface area contributed by atoms with Crippen molar-refractivity contribution in [1.82, 2.24) is 4.90 Å². The number of hydrogen-bond donors (Lipinski definition) is 1. The maximum absolute atomic E-state index is 10.7. The fourth-order valence-electron chi connectivity index (χ4n) is 2.35. The molecule has 1 aliphatic carbocycles. The Morgan fingerprint density at radius 3 is 2.56 bits per heavy atom. The first-order valence-electron chi connectivity index (χ1n) is 6.73. The van der Waals surface area contributed by atoms with E-state index in [0.717, 1.165) is 13.0 Å². The molecule has 0 heterocycles. The highest BCUT2D eigenvalue weighted by molar-refractivity contribution is 5.66. The van der Waals surface area contributed by atoms with Gasteiger partial charge in [0.05, 0.1) is 6.42 Å². The van der Waals surface area contributed by atoms with E-state index in [9.17, 15) is 4.79 Å². The molecule has 1 fully saturated rings. The van der Waals surface area contributed by atoms with Crippen LogP contribution in [0.25, 0.3) is 0 Å². The predicted octanol–water partition coefficient (Wildman–Crippen LogP) is 2.69. The van der Waals surface area contributed by atoms with Gasteiger partial charge in [-0.15, -0.1) is 0 Å². The Kier molecular flexibility index (Phi) is 4.37. The van der Waals surface area contributed by atoms with E-state index in [2.05, 4.69) is 36.1 Å². The maximum atomic E-state index is 10.7. The first-order chi connectivity index (χ1) is 8.70. The van der Waals surface area contributed by atoms with Crippen LogP contribution in [0, 0.1) is 0 Å². The Morgan fingerprint density at radius 1 is 1.33 bits per heavy atom. The molecular formula is C15H21NO2. The molecule has 1 aromatic carbocycles. The Labute approximate surface area is 108 Å². The highest BCUT2D eigenvalue weighted by Gasteiger charge is 2.29. The lowest BCUT2D eigenvalue weighted by atomic mass is 10.0. The van der Waals surface area contributed by atoms with Crippen molar-refractivity contribution in [3.63, 3.8) is 0 Å². The van der Waals surface area contributed by atoms with Crippen molar-refractivity contribution in [3.8, 4) is 0 Å². The lowest BCUT2D eigenvalue weighted by molar-refractivity contribution is -0.137. The zero-order valence-corrected chi connectivity index (χ0v) is 10.9. The Balaban J connectivity index is 2.01. The van der Waals surface area contributed by atoms with Crippen LogP contribution in [0.2, 0.25) is 0 Å². The van der Waals surface area contributed by atoms with Gasteiger partial charge in [-0.25, -0.2) is 0 Å². The van der Waals surface area contributed by atoms with Crippen molar-refractivity contribution in [2.45, 2.75) is 45.2 Å². The second kappa shape index (κ2) is 6.01. The SMILES string of the molecule is CCc1ccccc1CN(CCC(=O)O)C1CC1. The number of hydrogen-bond acceptors (Lipinski definition) is 2. The summed E-state index contributed by atoms with van der Waals surface area (Å²) in [5.74, 6) is -0.704. The summed E-state index contributed by atoms with van der Waals surface area (Å²) in [5, 5.41) is 8.80. The van der Waals surface area contributed by atoms with E-state index >= 15 is 0 Å². The van der Waals surface area contributed by atoms with Crippen LogP contribution in [0.3, 0.4) is 0 Å². The van der Waals surface area contributed by atoms with Gasteiger partial charge in [-0.05, 0) is 30.4 Å². The minimum Gasteiger partial charge on any atom is -0.481 e. The van der Waals surface area contributed by atoms with Crippen molar-refractivity contribution >= 4 is 5.97 Å². The molecule has 1 aromatic rings. The molecule has 3 nitrogen and oxygen atoms in total. The molecule has 0 bridgehead atoms. The van der Waals surface area contributed by atoms with Crippen LogP contribution in [-0.2, 0) is 17.8 Å². The average molecular weight is 247 g/mol. The van der Waals surface area contributed by atoms with Crippen LogP contribution in [-0.4, -0.2) is 28.6 Å². The fraction of sp³-hybridized carbons (Fsp3) is 0.533. The highest BCUT2D eigenvalue weighted by atomic mass is 16.4. The summed E-state index contributed by atoms with van der Waals surface area (Å²) in [4.78, 5) is 13.0. The summed E-state index contributed by atoms with van der Waals surface area (Å²) in [6.45, 7) is 3.72. The second-order valence-corrected chi connectivity index (χ2v) is 4.97. The van der Waals surface area contributed by atoms with Crippen LogP contribution < -0.4 is 0 Å². The largest absolute Gasteiger partial charge is 0.481 e. The molecule has 0 unspecified atom stereocenters. The molecule has 98 valence electrons. The van der Waals surface area contributed by atoms with Gasteiger partial charge in [0.2, 0.25) is 0 Å². The molecule has 2 rings (SSSR count). The molecule has 0 radical (unpaired) electrons. The molecule has 18 heavy (non-hydrogen) atoms. The van der Waals surface area contributed by atoms with E-state index in [0.29, 0.717) is 12.6 Å². The molecule has 0 saturated heterocycles. The number of rotatable bonds is 7. The van der Waals surface area contributed by atoms with Gasteiger partial charge >= 0.3 is 5.97 Å². The molecule has 0 spiro atoms. The molecule has 0 amide bonds. The molecular weight excluding hydrogens is 226 g/mol. The zero-order chi connectivity index (χ0) is 13.0. The fourth-order valence-corrected chi connectivity index (χ4v) is 2.35. The second-order valence-electron chi connectivity index (χ2n) is 4.97. The third-order valence-corrected chi connectivity index (χ3v) is 3.55. The predicted molar refractivity (Wildman–Crippen MR) is 71.5 cm³/mol. The first kappa shape index (κ1) is 13.1. The van der Waals surface area contributed by atoms with Crippen LogP contribution in [0.4, 0.5) is 0 Å². The van der Waals surface area contributed by atoms with Crippen LogP contribution in [0.1, 0.15) is 37.3 Å². The van der Waals surface area contributed by atoms with Gasteiger partial charge in [-0.1, -0.05) is 31.2 Å². The van der Waals surface area contributed by atoms with Gasteiger partial charge in [-0.3, -0.25) is 9.69 Å². The molecule has 0 aliphatic heterocycles. The van der Waals surface area contributed by atoms with E-state index in [-0.39, 0.29) is 6.42 Å². The van der Waals surface area contributed by atoms with E-state index in [4.69, 9.17) is 5.11 Å². The van der Waals surface area contributed by atoms with Gasteiger partial charge in [0.25, 0.3) is 0 Å². The molecule has 1 aliphatic rings. The third kappa shape index (κ3) is 3.57. The lowest BCUT2D eigenvalue weighted by Crippen LogP contribution is -2.28. The summed E-state index contributed by atoms with van der Waals surface area (Å²) < 4.78 is 0. The Morgan fingerprint density at radius 2 is 2.00 bits per heavy atom. The minimum atomic E-state index is -0.704. The maximum Gasteiger partial charge on any atom is 0.304 e. The number of benzene rings is 1. The molecule has 3 heteroatoms. The molecule has 1 N–H and O–H groups in total.